The number of hydrogen-bond acceptors (Lipinski definition) is 6. The minimum absolute atomic E-state index is 0.255. The first-order valence-electron chi connectivity index (χ1n) is 7.72. The van der Waals surface area contributed by atoms with Crippen LogP contribution in [0.2, 0.25) is 0 Å². The normalized spacial score (nSPS) is 14.8. The van der Waals surface area contributed by atoms with Crippen LogP contribution in [0, 0.1) is 13.8 Å². The van der Waals surface area contributed by atoms with Gasteiger partial charge < -0.3 is 4.74 Å². The fraction of sp³-hybridized carbons (Fsp3) is 0.375. The van der Waals surface area contributed by atoms with Crippen LogP contribution in [0.15, 0.2) is 23.1 Å². The number of nitrogens with one attached hydrogen (secondary N) is 1. The zero-order valence-corrected chi connectivity index (χ0v) is 15.8. The number of carbonyl (C=O) groups is 1. The Bertz CT molecular complexity index is 921. The molecule has 3 rings (SSSR count). The van der Waals surface area contributed by atoms with E-state index in [9.17, 15) is 13.2 Å². The number of amides is 1. The van der Waals surface area contributed by atoms with Gasteiger partial charge in [0.2, 0.25) is 10.0 Å². The van der Waals surface area contributed by atoms with E-state index in [1.165, 1.54) is 22.8 Å². The summed E-state index contributed by atoms with van der Waals surface area (Å²) < 4.78 is 31.8. The van der Waals surface area contributed by atoms with Crippen molar-refractivity contribution in [2.24, 2.45) is 0 Å². The van der Waals surface area contributed by atoms with E-state index in [0.717, 1.165) is 21.7 Å². The van der Waals surface area contributed by atoms with Gasteiger partial charge in [-0.15, -0.1) is 0 Å². The minimum atomic E-state index is -3.56. The van der Waals surface area contributed by atoms with Gasteiger partial charge in [0.1, 0.15) is 0 Å². The summed E-state index contributed by atoms with van der Waals surface area (Å²) in [6.07, 6.45) is -0.0793. The molecule has 0 unspecified atom stereocenters. The molecule has 2 aromatic rings. The third-order valence-corrected chi connectivity index (χ3v) is 7.05. The number of anilines is 1. The number of thiazole rings is 1. The van der Waals surface area contributed by atoms with Crippen LogP contribution in [0.3, 0.4) is 0 Å². The first-order chi connectivity index (χ1) is 11.8. The molecule has 134 valence electrons. The van der Waals surface area contributed by atoms with Crippen LogP contribution in [0.25, 0.3) is 0 Å². The van der Waals surface area contributed by atoms with Gasteiger partial charge in [-0.2, -0.15) is 4.31 Å². The van der Waals surface area contributed by atoms with Gasteiger partial charge in [-0.05, 0) is 37.1 Å². The zero-order valence-electron chi connectivity index (χ0n) is 14.2. The molecule has 1 aromatic heterocycles. The second-order valence-corrected chi connectivity index (χ2v) is 8.86. The van der Waals surface area contributed by atoms with Gasteiger partial charge in [0.15, 0.2) is 5.13 Å². The Morgan fingerprint density at radius 2 is 2.08 bits per heavy atom. The monoisotopic (exact) mass is 381 g/mol. The third kappa shape index (κ3) is 3.53. The van der Waals surface area contributed by atoms with Gasteiger partial charge >= 0.3 is 6.09 Å². The summed E-state index contributed by atoms with van der Waals surface area (Å²) >= 11 is 1.27. The number of carbonyl (C=O) groups excluding carboxylic acids is 1. The molecule has 0 spiro atoms. The van der Waals surface area contributed by atoms with Gasteiger partial charge in [0.05, 0.1) is 24.2 Å². The average molecular weight is 381 g/mol. The second kappa shape index (κ2) is 6.74. The molecule has 0 atom stereocenters. The number of methoxy groups -OCH3 is 1. The van der Waals surface area contributed by atoms with Crippen molar-refractivity contribution in [3.05, 3.63) is 39.9 Å². The Hall–Kier alpha value is -1.97. The number of sulfonamides is 1. The summed E-state index contributed by atoms with van der Waals surface area (Å²) in [6, 6.07) is 5.17. The number of hydrogen-bond donors (Lipinski definition) is 1. The van der Waals surface area contributed by atoms with E-state index in [1.54, 1.807) is 12.1 Å². The highest BCUT2D eigenvalue weighted by Gasteiger charge is 2.30. The van der Waals surface area contributed by atoms with Crippen LogP contribution >= 0.6 is 11.3 Å². The molecule has 7 nitrogen and oxygen atoms in total. The van der Waals surface area contributed by atoms with E-state index in [4.69, 9.17) is 0 Å². The first kappa shape index (κ1) is 17.8. The largest absolute Gasteiger partial charge is 0.453 e. The van der Waals surface area contributed by atoms with Crippen LogP contribution in [0.5, 0.6) is 0 Å². The first-order valence-corrected chi connectivity index (χ1v) is 9.98. The molecule has 1 aliphatic heterocycles. The summed E-state index contributed by atoms with van der Waals surface area (Å²) in [7, 11) is -2.28. The maximum absolute atomic E-state index is 12.9. The van der Waals surface area contributed by atoms with E-state index in [1.807, 2.05) is 19.9 Å². The molecule has 0 radical (unpaired) electrons. The van der Waals surface area contributed by atoms with Crippen molar-refractivity contribution >= 4 is 32.6 Å². The molecule has 0 saturated carbocycles. The average Bonchev–Trinajstić information content (AvgIpc) is 2.98. The number of nitrogens with zero attached hydrogens (tertiary/aromatic N) is 2. The maximum Gasteiger partial charge on any atom is 0.413 e. The van der Waals surface area contributed by atoms with Gasteiger partial charge in [-0.25, -0.2) is 18.2 Å². The summed E-state index contributed by atoms with van der Waals surface area (Å²) in [6.45, 7) is 4.47. The van der Waals surface area contributed by atoms with Crippen LogP contribution in [0.4, 0.5) is 9.93 Å². The molecule has 9 heteroatoms. The zero-order chi connectivity index (χ0) is 18.2. The molecule has 0 bridgehead atoms. The van der Waals surface area contributed by atoms with Crippen LogP contribution in [0.1, 0.15) is 21.7 Å². The Kier molecular flexibility index (Phi) is 4.81. The van der Waals surface area contributed by atoms with Crippen molar-refractivity contribution in [2.45, 2.75) is 31.7 Å². The van der Waals surface area contributed by atoms with Crippen molar-refractivity contribution in [2.75, 3.05) is 19.0 Å². The SMILES string of the molecule is COC(=O)Nc1nc2c(s1)CN(S(=O)(=O)c1ccc(C)c(C)c1)CC2. The van der Waals surface area contributed by atoms with Crippen LogP contribution < -0.4 is 5.32 Å². The highest BCUT2D eigenvalue weighted by Crippen LogP contribution is 2.31. The molecule has 0 fully saturated rings. The van der Waals surface area contributed by atoms with Crippen molar-refractivity contribution < 1.29 is 17.9 Å². The fourth-order valence-corrected chi connectivity index (χ4v) is 5.18. The lowest BCUT2D eigenvalue weighted by Crippen LogP contribution is -2.35. The lowest BCUT2D eigenvalue weighted by molar-refractivity contribution is 0.187. The number of fused-ring (bicyclic) bond motifs is 1. The lowest BCUT2D eigenvalue weighted by atomic mass is 10.1. The predicted molar refractivity (Wildman–Crippen MR) is 95.4 cm³/mol. The van der Waals surface area contributed by atoms with Crippen LogP contribution in [-0.4, -0.2) is 37.5 Å². The van der Waals surface area contributed by atoms with Gasteiger partial charge in [-0.1, -0.05) is 17.4 Å². The molecular weight excluding hydrogens is 362 g/mol. The smallest absolute Gasteiger partial charge is 0.413 e. The number of aromatic nitrogens is 1. The number of benzene rings is 1. The highest BCUT2D eigenvalue weighted by molar-refractivity contribution is 7.89. The molecule has 1 aliphatic rings. The summed E-state index contributed by atoms with van der Waals surface area (Å²) in [5, 5.41) is 2.94. The van der Waals surface area contributed by atoms with E-state index < -0.39 is 16.1 Å². The Labute approximate surface area is 150 Å². The van der Waals surface area contributed by atoms with E-state index in [2.05, 4.69) is 15.0 Å². The molecule has 1 amide bonds. The van der Waals surface area contributed by atoms with Gasteiger partial charge in [0, 0.05) is 17.8 Å². The van der Waals surface area contributed by atoms with E-state index >= 15 is 0 Å². The summed E-state index contributed by atoms with van der Waals surface area (Å²) in [5.74, 6) is 0. The summed E-state index contributed by atoms with van der Waals surface area (Å²) in [4.78, 5) is 16.8. The quantitative estimate of drug-likeness (QED) is 0.883. The Morgan fingerprint density at radius 1 is 1.32 bits per heavy atom. The van der Waals surface area contributed by atoms with Crippen molar-refractivity contribution in [3.8, 4) is 0 Å². The van der Waals surface area contributed by atoms with Crippen molar-refractivity contribution in [1.82, 2.24) is 9.29 Å². The maximum atomic E-state index is 12.9. The molecule has 1 N–H and O–H groups in total. The number of rotatable bonds is 3. The molecule has 1 aromatic carbocycles. The second-order valence-electron chi connectivity index (χ2n) is 5.84. The molecular formula is C16H19N3O4S2. The molecule has 2 heterocycles. The Morgan fingerprint density at radius 3 is 2.76 bits per heavy atom. The van der Waals surface area contributed by atoms with Gasteiger partial charge in [-0.3, -0.25) is 5.32 Å². The standard InChI is InChI=1S/C16H19N3O4S2/c1-10-4-5-12(8-11(10)2)25(21,22)19-7-6-13-14(9-19)24-15(17-13)18-16(20)23-3/h4-5,8H,6-7,9H2,1-3H3,(H,17,18,20). The molecule has 0 saturated heterocycles. The van der Waals surface area contributed by atoms with Crippen LogP contribution in [-0.2, 0) is 27.7 Å². The van der Waals surface area contributed by atoms with E-state index in [-0.39, 0.29) is 6.54 Å². The van der Waals surface area contributed by atoms with Crippen molar-refractivity contribution in [3.63, 3.8) is 0 Å². The van der Waals surface area contributed by atoms with E-state index in [0.29, 0.717) is 23.0 Å². The lowest BCUT2D eigenvalue weighted by Gasteiger charge is -2.25. The highest BCUT2D eigenvalue weighted by atomic mass is 32.2. The Balaban J connectivity index is 1.84. The number of aryl methyl sites for hydroxylation is 2. The summed E-state index contributed by atoms with van der Waals surface area (Å²) in [5.41, 5.74) is 2.82. The topological polar surface area (TPSA) is 88.6 Å². The number of ether oxygens (including phenoxy) is 1. The minimum Gasteiger partial charge on any atom is -0.453 e. The van der Waals surface area contributed by atoms with Gasteiger partial charge in [0.25, 0.3) is 0 Å². The predicted octanol–water partition coefficient (Wildman–Crippen LogP) is 2.69. The molecule has 0 aliphatic carbocycles. The van der Waals surface area contributed by atoms with Crippen molar-refractivity contribution in [1.29, 1.82) is 0 Å². The molecule has 25 heavy (non-hydrogen) atoms. The third-order valence-electron chi connectivity index (χ3n) is 4.21. The fourth-order valence-electron chi connectivity index (χ4n) is 2.59.